The highest BCUT2D eigenvalue weighted by molar-refractivity contribution is 7.96. The molecular formula is C27H38N4O4S. The number of ether oxygens (including phenoxy) is 1. The van der Waals surface area contributed by atoms with Crippen LogP contribution in [0.4, 0.5) is 0 Å². The first-order chi connectivity index (χ1) is 17.4. The van der Waals surface area contributed by atoms with E-state index in [2.05, 4.69) is 61.8 Å². The van der Waals surface area contributed by atoms with Gasteiger partial charge < -0.3 is 15.4 Å². The van der Waals surface area contributed by atoms with E-state index in [1.54, 1.807) is 11.9 Å². The number of nitrogens with one attached hydrogen (secondary N) is 2. The summed E-state index contributed by atoms with van der Waals surface area (Å²) in [5.74, 6) is -0.965. The maximum atomic E-state index is 12.5. The second-order valence-electron chi connectivity index (χ2n) is 9.06. The molecule has 1 saturated heterocycles. The smallest absolute Gasteiger partial charge is 0.330 e. The van der Waals surface area contributed by atoms with Crippen LogP contribution in [0.2, 0.25) is 0 Å². The highest BCUT2D eigenvalue weighted by atomic mass is 32.2. The second-order valence-corrected chi connectivity index (χ2v) is 9.90. The standard InChI is InChI=1S/C27H38N4O4S/c1-20(23-11-6-9-21-8-4-5-10-24(21)23)30-16-13-22(14-17-30)31(36-3)19-26(33)29-18-25(32)28-15-7-12-27(34)35-2/h4-5,7-10,12,20,22H,6,11,13-19H2,1-3H3,(H,28,32)(H,29,33)/b12-7+. The molecule has 36 heavy (non-hydrogen) atoms. The van der Waals surface area contributed by atoms with Crippen LogP contribution in [0.25, 0.3) is 11.6 Å². The van der Waals surface area contributed by atoms with Crippen LogP contribution < -0.4 is 21.1 Å². The lowest BCUT2D eigenvalue weighted by atomic mass is 9.92. The highest BCUT2D eigenvalue weighted by Crippen LogP contribution is 2.26. The number of likely N-dealkylation sites (tertiary alicyclic amines) is 1. The maximum absolute atomic E-state index is 12.5. The van der Waals surface area contributed by atoms with E-state index in [0.29, 0.717) is 12.1 Å². The van der Waals surface area contributed by atoms with E-state index in [4.69, 9.17) is 0 Å². The molecule has 0 spiro atoms. The van der Waals surface area contributed by atoms with Crippen LogP contribution in [0.1, 0.15) is 32.6 Å². The van der Waals surface area contributed by atoms with Gasteiger partial charge in [-0.2, -0.15) is 0 Å². The number of esters is 1. The van der Waals surface area contributed by atoms with Crippen LogP contribution in [0.15, 0.2) is 36.4 Å². The zero-order chi connectivity index (χ0) is 25.9. The molecule has 1 aromatic rings. The molecule has 2 aliphatic rings. The molecule has 0 saturated carbocycles. The lowest BCUT2D eigenvalue weighted by molar-refractivity contribution is -0.134. The number of amides is 2. The zero-order valence-electron chi connectivity index (χ0n) is 21.5. The van der Waals surface area contributed by atoms with E-state index >= 15 is 0 Å². The van der Waals surface area contributed by atoms with Crippen molar-refractivity contribution in [1.29, 1.82) is 0 Å². The zero-order valence-corrected chi connectivity index (χ0v) is 22.3. The lowest BCUT2D eigenvalue weighted by Crippen LogP contribution is -2.49. The number of carbonyl (C=O) groups excluding carboxylic acids is 3. The van der Waals surface area contributed by atoms with Crippen LogP contribution in [0.5, 0.6) is 0 Å². The molecule has 2 amide bonds. The van der Waals surface area contributed by atoms with Gasteiger partial charge in [0.25, 0.3) is 0 Å². The third-order valence-electron chi connectivity index (χ3n) is 6.90. The maximum Gasteiger partial charge on any atom is 0.330 e. The molecule has 1 fully saturated rings. The summed E-state index contributed by atoms with van der Waals surface area (Å²) in [5.41, 5.74) is 1.53. The van der Waals surface area contributed by atoms with Crippen molar-refractivity contribution in [1.82, 2.24) is 19.8 Å². The van der Waals surface area contributed by atoms with Gasteiger partial charge in [0, 0.05) is 37.8 Å². The molecule has 1 atom stereocenters. The molecule has 0 radical (unpaired) electrons. The number of rotatable bonds is 11. The first-order valence-electron chi connectivity index (χ1n) is 12.5. The Morgan fingerprint density at radius 3 is 2.67 bits per heavy atom. The number of benzene rings is 1. The van der Waals surface area contributed by atoms with Crippen LogP contribution in [0, 0.1) is 0 Å². The number of methoxy groups -OCH3 is 1. The van der Waals surface area contributed by atoms with E-state index in [1.165, 1.54) is 35.3 Å². The quantitative estimate of drug-likeness (QED) is 0.257. The van der Waals surface area contributed by atoms with Gasteiger partial charge in [0.1, 0.15) is 0 Å². The summed E-state index contributed by atoms with van der Waals surface area (Å²) >= 11 is 1.58. The molecule has 8 nitrogen and oxygen atoms in total. The van der Waals surface area contributed by atoms with Gasteiger partial charge in [-0.3, -0.25) is 14.5 Å². The first-order valence-corrected chi connectivity index (χ1v) is 13.7. The molecule has 1 aliphatic carbocycles. The summed E-state index contributed by atoms with van der Waals surface area (Å²) in [6.07, 6.45) is 11.3. The molecule has 9 heteroatoms. The monoisotopic (exact) mass is 514 g/mol. The molecular weight excluding hydrogens is 476 g/mol. The van der Waals surface area contributed by atoms with E-state index in [0.717, 1.165) is 38.8 Å². The summed E-state index contributed by atoms with van der Waals surface area (Å²) in [6, 6.07) is 9.43. The lowest BCUT2D eigenvalue weighted by Gasteiger charge is -2.40. The summed E-state index contributed by atoms with van der Waals surface area (Å²) in [5, 5.41) is 8.05. The van der Waals surface area contributed by atoms with Crippen molar-refractivity contribution in [2.45, 2.75) is 44.7 Å². The fourth-order valence-electron chi connectivity index (χ4n) is 4.88. The van der Waals surface area contributed by atoms with Crippen LogP contribution in [0.3, 0.4) is 0 Å². The summed E-state index contributed by atoms with van der Waals surface area (Å²) in [4.78, 5) is 38.0. The van der Waals surface area contributed by atoms with Gasteiger partial charge in [0.15, 0.2) is 0 Å². The number of nitrogens with zero attached hydrogens (tertiary/aromatic N) is 2. The predicted octanol–water partition coefficient (Wildman–Crippen LogP) is 0.806. The topological polar surface area (TPSA) is 91.0 Å². The molecule has 0 bridgehead atoms. The molecule has 196 valence electrons. The van der Waals surface area contributed by atoms with Gasteiger partial charge >= 0.3 is 5.97 Å². The fraction of sp³-hybridized carbons (Fsp3) is 0.519. The van der Waals surface area contributed by atoms with Gasteiger partial charge in [-0.15, -0.1) is 0 Å². The summed E-state index contributed by atoms with van der Waals surface area (Å²) < 4.78 is 6.62. The Morgan fingerprint density at radius 1 is 1.19 bits per heavy atom. The SMILES string of the molecule is COC(=O)/C=C/CNC(=O)CNC(=O)CN(SC)C1CCN(C(C)C2=c3ccccc3=CCC2)CC1. The molecule has 1 aliphatic heterocycles. The van der Waals surface area contributed by atoms with Crippen molar-refractivity contribution in [3.63, 3.8) is 0 Å². The predicted molar refractivity (Wildman–Crippen MR) is 144 cm³/mol. The van der Waals surface area contributed by atoms with Gasteiger partial charge in [-0.05, 0) is 54.9 Å². The summed E-state index contributed by atoms with van der Waals surface area (Å²) in [6.45, 7) is 4.68. The number of carbonyl (C=O) groups is 3. The molecule has 1 aromatic carbocycles. The van der Waals surface area contributed by atoms with E-state index in [1.807, 2.05) is 6.26 Å². The van der Waals surface area contributed by atoms with Crippen molar-refractivity contribution in [2.24, 2.45) is 0 Å². The van der Waals surface area contributed by atoms with Crippen LogP contribution >= 0.6 is 11.9 Å². The number of piperidine rings is 1. The molecule has 0 aromatic heterocycles. The third kappa shape index (κ3) is 7.94. The Labute approximate surface area is 217 Å². The second kappa shape index (κ2) is 14.2. The van der Waals surface area contributed by atoms with Crippen LogP contribution in [-0.4, -0.2) is 85.2 Å². The Balaban J connectivity index is 1.44. The van der Waals surface area contributed by atoms with Crippen molar-refractivity contribution in [3.8, 4) is 0 Å². The van der Waals surface area contributed by atoms with E-state index in [-0.39, 0.29) is 31.4 Å². The fourth-order valence-corrected chi connectivity index (χ4v) is 5.63. The minimum absolute atomic E-state index is 0.0966. The average Bonchev–Trinajstić information content (AvgIpc) is 2.92. The van der Waals surface area contributed by atoms with Crippen molar-refractivity contribution >= 4 is 41.4 Å². The minimum Gasteiger partial charge on any atom is -0.466 e. The van der Waals surface area contributed by atoms with Gasteiger partial charge in [0.2, 0.25) is 11.8 Å². The Kier molecular flexibility index (Phi) is 11.0. The Hall–Kier alpha value is -2.62. The Bertz CT molecular complexity index is 1070. The van der Waals surface area contributed by atoms with Crippen molar-refractivity contribution < 1.29 is 19.1 Å². The summed E-state index contributed by atoms with van der Waals surface area (Å²) in [7, 11) is 1.29. The largest absolute Gasteiger partial charge is 0.466 e. The highest BCUT2D eigenvalue weighted by Gasteiger charge is 2.29. The number of hydrogen-bond acceptors (Lipinski definition) is 7. The molecule has 3 rings (SSSR count). The van der Waals surface area contributed by atoms with Gasteiger partial charge in [0.05, 0.1) is 20.2 Å². The number of fused-ring (bicyclic) bond motifs is 1. The normalized spacial score (nSPS) is 17.4. The van der Waals surface area contributed by atoms with Crippen LogP contribution in [-0.2, 0) is 19.1 Å². The molecule has 1 unspecified atom stereocenters. The first kappa shape index (κ1) is 28.0. The average molecular weight is 515 g/mol. The minimum atomic E-state index is -0.480. The third-order valence-corrected chi connectivity index (χ3v) is 7.79. The number of hydrogen-bond donors (Lipinski definition) is 2. The Morgan fingerprint density at radius 2 is 1.94 bits per heavy atom. The van der Waals surface area contributed by atoms with Crippen molar-refractivity contribution in [3.05, 3.63) is 46.9 Å². The van der Waals surface area contributed by atoms with Gasteiger partial charge in [-0.1, -0.05) is 48.4 Å². The van der Waals surface area contributed by atoms with E-state index < -0.39 is 5.97 Å². The van der Waals surface area contributed by atoms with E-state index in [9.17, 15) is 14.4 Å². The molecule has 2 N–H and O–H groups in total. The molecule has 1 heterocycles. The van der Waals surface area contributed by atoms with Crippen molar-refractivity contribution in [2.75, 3.05) is 46.1 Å². The van der Waals surface area contributed by atoms with Gasteiger partial charge in [-0.25, -0.2) is 9.10 Å².